The van der Waals surface area contributed by atoms with Crippen molar-refractivity contribution in [3.63, 3.8) is 0 Å². The Hall–Kier alpha value is -2.50. The number of nitrogens with zero attached hydrogens (tertiary/aromatic N) is 1. The van der Waals surface area contributed by atoms with Crippen molar-refractivity contribution in [2.24, 2.45) is 0 Å². The van der Waals surface area contributed by atoms with Gasteiger partial charge in [0.2, 0.25) is 0 Å². The van der Waals surface area contributed by atoms with Gasteiger partial charge in [-0.25, -0.2) is 0 Å². The first-order valence-electron chi connectivity index (χ1n) is 6.44. The normalized spacial score (nSPS) is 10.3. The third kappa shape index (κ3) is 3.28. The van der Waals surface area contributed by atoms with Gasteiger partial charge in [-0.2, -0.15) is 0 Å². The van der Waals surface area contributed by atoms with E-state index in [4.69, 9.17) is 10.3 Å². The van der Waals surface area contributed by atoms with E-state index in [2.05, 4.69) is 15.8 Å². The van der Waals surface area contributed by atoms with E-state index in [-0.39, 0.29) is 5.91 Å². The number of carbonyl (C=O) groups excluding carboxylic acids is 1. The average Bonchev–Trinajstić information content (AvgIpc) is 2.83. The molecule has 2 aromatic rings. The predicted molar refractivity (Wildman–Crippen MR) is 77.4 cm³/mol. The maximum absolute atomic E-state index is 11.7. The molecule has 0 radical (unpaired) electrons. The zero-order valence-corrected chi connectivity index (χ0v) is 11.6. The molecule has 0 aliphatic carbocycles. The Morgan fingerprint density at radius 3 is 2.80 bits per heavy atom. The monoisotopic (exact) mass is 274 g/mol. The first-order chi connectivity index (χ1) is 9.60. The van der Waals surface area contributed by atoms with Gasteiger partial charge < -0.3 is 20.9 Å². The SMILES string of the molecule is CCNC(=O)c1ccc(NCc2cc(C)no2)c(N)c1. The first kappa shape index (κ1) is 13.9. The van der Waals surface area contributed by atoms with Crippen LogP contribution in [-0.4, -0.2) is 17.6 Å². The number of carbonyl (C=O) groups is 1. The molecule has 20 heavy (non-hydrogen) atoms. The van der Waals surface area contributed by atoms with Gasteiger partial charge >= 0.3 is 0 Å². The zero-order valence-electron chi connectivity index (χ0n) is 11.6. The van der Waals surface area contributed by atoms with E-state index in [0.29, 0.717) is 24.3 Å². The molecule has 1 heterocycles. The van der Waals surface area contributed by atoms with Crippen LogP contribution in [0.4, 0.5) is 11.4 Å². The number of amides is 1. The largest absolute Gasteiger partial charge is 0.397 e. The lowest BCUT2D eigenvalue weighted by Crippen LogP contribution is -2.22. The molecule has 0 bridgehead atoms. The number of benzene rings is 1. The molecule has 1 aromatic heterocycles. The van der Waals surface area contributed by atoms with Gasteiger partial charge in [0.05, 0.1) is 23.6 Å². The Labute approximate surface area is 117 Å². The van der Waals surface area contributed by atoms with Gasteiger partial charge in [-0.3, -0.25) is 4.79 Å². The number of aromatic nitrogens is 1. The number of hydrogen-bond donors (Lipinski definition) is 3. The van der Waals surface area contributed by atoms with Crippen LogP contribution in [0.1, 0.15) is 28.7 Å². The lowest BCUT2D eigenvalue weighted by molar-refractivity contribution is 0.0956. The molecule has 0 aliphatic heterocycles. The molecule has 106 valence electrons. The van der Waals surface area contributed by atoms with Crippen molar-refractivity contribution >= 4 is 17.3 Å². The Balaban J connectivity index is 2.04. The molecule has 2 rings (SSSR count). The van der Waals surface area contributed by atoms with Gasteiger partial charge in [-0.1, -0.05) is 5.16 Å². The highest BCUT2D eigenvalue weighted by Gasteiger charge is 2.08. The van der Waals surface area contributed by atoms with Crippen LogP contribution in [0.15, 0.2) is 28.8 Å². The summed E-state index contributed by atoms with van der Waals surface area (Å²) in [5, 5.41) is 9.69. The molecular formula is C14H18N4O2. The van der Waals surface area contributed by atoms with Crippen molar-refractivity contribution in [2.75, 3.05) is 17.6 Å². The van der Waals surface area contributed by atoms with E-state index in [1.165, 1.54) is 0 Å². The van der Waals surface area contributed by atoms with Crippen LogP contribution in [0.3, 0.4) is 0 Å². The number of hydrogen-bond acceptors (Lipinski definition) is 5. The highest BCUT2D eigenvalue weighted by molar-refractivity contribution is 5.96. The molecule has 0 saturated carbocycles. The Kier molecular flexibility index (Phi) is 4.24. The maximum Gasteiger partial charge on any atom is 0.251 e. The highest BCUT2D eigenvalue weighted by atomic mass is 16.5. The minimum atomic E-state index is -0.128. The molecule has 0 unspecified atom stereocenters. The Morgan fingerprint density at radius 1 is 1.40 bits per heavy atom. The Morgan fingerprint density at radius 2 is 2.20 bits per heavy atom. The van der Waals surface area contributed by atoms with Gasteiger partial charge in [0.15, 0.2) is 5.76 Å². The summed E-state index contributed by atoms with van der Waals surface area (Å²) in [6.07, 6.45) is 0. The fraction of sp³-hybridized carbons (Fsp3) is 0.286. The van der Waals surface area contributed by atoms with Crippen LogP contribution in [0.2, 0.25) is 0 Å². The van der Waals surface area contributed by atoms with Gasteiger partial charge in [-0.05, 0) is 32.0 Å². The van der Waals surface area contributed by atoms with Crippen molar-refractivity contribution < 1.29 is 9.32 Å². The molecule has 0 spiro atoms. The number of nitrogens with one attached hydrogen (secondary N) is 2. The smallest absolute Gasteiger partial charge is 0.251 e. The average molecular weight is 274 g/mol. The summed E-state index contributed by atoms with van der Waals surface area (Å²) >= 11 is 0. The van der Waals surface area contributed by atoms with Crippen LogP contribution < -0.4 is 16.4 Å². The molecule has 6 heteroatoms. The van der Waals surface area contributed by atoms with Crippen LogP contribution in [0.5, 0.6) is 0 Å². The second-order valence-electron chi connectivity index (χ2n) is 4.45. The molecule has 0 aliphatic rings. The van der Waals surface area contributed by atoms with E-state index in [1.54, 1.807) is 18.2 Å². The fourth-order valence-corrected chi connectivity index (χ4v) is 1.81. The number of anilines is 2. The lowest BCUT2D eigenvalue weighted by Gasteiger charge is -2.09. The second-order valence-corrected chi connectivity index (χ2v) is 4.45. The number of rotatable bonds is 5. The van der Waals surface area contributed by atoms with E-state index in [1.807, 2.05) is 19.9 Å². The van der Waals surface area contributed by atoms with Gasteiger partial charge in [0.1, 0.15) is 0 Å². The second kappa shape index (κ2) is 6.10. The van der Waals surface area contributed by atoms with Crippen molar-refractivity contribution in [2.45, 2.75) is 20.4 Å². The van der Waals surface area contributed by atoms with Gasteiger partial charge in [-0.15, -0.1) is 0 Å². The summed E-state index contributed by atoms with van der Waals surface area (Å²) in [5.41, 5.74) is 8.59. The minimum Gasteiger partial charge on any atom is -0.397 e. The van der Waals surface area contributed by atoms with Crippen molar-refractivity contribution in [3.05, 3.63) is 41.3 Å². The van der Waals surface area contributed by atoms with Crippen LogP contribution >= 0.6 is 0 Å². The summed E-state index contributed by atoms with van der Waals surface area (Å²) in [5.74, 6) is 0.603. The van der Waals surface area contributed by atoms with Crippen molar-refractivity contribution in [1.82, 2.24) is 10.5 Å². The van der Waals surface area contributed by atoms with Gasteiger partial charge in [0, 0.05) is 18.2 Å². The Bertz CT molecular complexity index is 607. The summed E-state index contributed by atoms with van der Waals surface area (Å²) in [4.78, 5) is 11.7. The third-order valence-electron chi connectivity index (χ3n) is 2.78. The minimum absolute atomic E-state index is 0.128. The van der Waals surface area contributed by atoms with Crippen molar-refractivity contribution in [3.8, 4) is 0 Å². The van der Waals surface area contributed by atoms with Crippen LogP contribution in [0.25, 0.3) is 0 Å². The first-order valence-corrected chi connectivity index (χ1v) is 6.44. The van der Waals surface area contributed by atoms with E-state index in [0.717, 1.165) is 17.1 Å². The number of nitrogens with two attached hydrogens (primary N) is 1. The van der Waals surface area contributed by atoms with E-state index < -0.39 is 0 Å². The zero-order chi connectivity index (χ0) is 14.5. The third-order valence-corrected chi connectivity index (χ3v) is 2.78. The summed E-state index contributed by atoms with van der Waals surface area (Å²) in [7, 11) is 0. The molecule has 0 atom stereocenters. The lowest BCUT2D eigenvalue weighted by atomic mass is 10.1. The predicted octanol–water partition coefficient (Wildman–Crippen LogP) is 1.93. The van der Waals surface area contributed by atoms with E-state index >= 15 is 0 Å². The molecule has 4 N–H and O–H groups in total. The molecular weight excluding hydrogens is 256 g/mol. The maximum atomic E-state index is 11.7. The van der Waals surface area contributed by atoms with E-state index in [9.17, 15) is 4.79 Å². The van der Waals surface area contributed by atoms with Gasteiger partial charge in [0.25, 0.3) is 5.91 Å². The standard InChI is InChI=1S/C14H18N4O2/c1-3-16-14(19)10-4-5-13(12(15)7-10)17-8-11-6-9(2)18-20-11/h4-7,17H,3,8,15H2,1-2H3,(H,16,19). The highest BCUT2D eigenvalue weighted by Crippen LogP contribution is 2.20. The summed E-state index contributed by atoms with van der Waals surface area (Å²) < 4.78 is 5.10. The fourth-order valence-electron chi connectivity index (χ4n) is 1.81. The molecule has 1 amide bonds. The molecule has 0 fully saturated rings. The van der Waals surface area contributed by atoms with Crippen molar-refractivity contribution in [1.29, 1.82) is 0 Å². The topological polar surface area (TPSA) is 93.2 Å². The molecule has 6 nitrogen and oxygen atoms in total. The molecule has 1 aromatic carbocycles. The number of nitrogen functional groups attached to an aromatic ring is 1. The summed E-state index contributed by atoms with van der Waals surface area (Å²) in [6.45, 7) is 4.81. The quantitative estimate of drug-likeness (QED) is 0.724. The summed E-state index contributed by atoms with van der Waals surface area (Å²) in [6, 6.07) is 7.02. The van der Waals surface area contributed by atoms with Crippen LogP contribution in [0, 0.1) is 6.92 Å². The number of aryl methyl sites for hydroxylation is 1. The molecule has 0 saturated heterocycles. The van der Waals surface area contributed by atoms with Crippen LogP contribution in [-0.2, 0) is 6.54 Å².